The highest BCUT2D eigenvalue weighted by Gasteiger charge is 2.15. The van der Waals surface area contributed by atoms with Gasteiger partial charge in [-0.2, -0.15) is 0 Å². The van der Waals surface area contributed by atoms with Gasteiger partial charge in [0.1, 0.15) is 0 Å². The molecule has 0 bridgehead atoms. The first kappa shape index (κ1) is 16.6. The number of hydrogen-bond acceptors (Lipinski definition) is 5. The van der Waals surface area contributed by atoms with Crippen LogP contribution in [0.2, 0.25) is 0 Å². The minimum absolute atomic E-state index is 0.614. The van der Waals surface area contributed by atoms with Gasteiger partial charge in [0.05, 0.1) is 18.7 Å². The van der Waals surface area contributed by atoms with Crippen molar-refractivity contribution in [2.45, 2.75) is 31.7 Å². The van der Waals surface area contributed by atoms with Crippen molar-refractivity contribution in [3.05, 3.63) is 30.5 Å². The molecule has 2 aromatic rings. The summed E-state index contributed by atoms with van der Waals surface area (Å²) in [6.07, 6.45) is 7.15. The van der Waals surface area contributed by atoms with Crippen molar-refractivity contribution in [2.24, 2.45) is 0 Å². The van der Waals surface area contributed by atoms with Crippen LogP contribution >= 0.6 is 0 Å². The van der Waals surface area contributed by atoms with Crippen LogP contribution < -0.4 is 10.6 Å². The molecule has 5 heteroatoms. The number of fused-ring (bicyclic) bond motifs is 1. The van der Waals surface area contributed by atoms with Crippen molar-refractivity contribution in [1.82, 2.24) is 9.88 Å². The molecule has 5 nitrogen and oxygen atoms in total. The predicted octanol–water partition coefficient (Wildman–Crippen LogP) is 3.33. The number of benzene rings is 1. The van der Waals surface area contributed by atoms with Gasteiger partial charge < -0.3 is 15.4 Å². The normalized spacial score (nSPS) is 19.4. The maximum atomic E-state index is 5.40. The summed E-state index contributed by atoms with van der Waals surface area (Å²) in [4.78, 5) is 6.97. The van der Waals surface area contributed by atoms with Gasteiger partial charge in [-0.15, -0.1) is 0 Å². The SMILES string of the molecule is c1cc(NC2CCCC2)c2cc(NCCN3CCOCC3)ccc2n1. The molecule has 1 saturated heterocycles. The van der Waals surface area contributed by atoms with E-state index in [1.807, 2.05) is 6.20 Å². The predicted molar refractivity (Wildman–Crippen MR) is 103 cm³/mol. The molecule has 0 amide bonds. The van der Waals surface area contributed by atoms with Crippen LogP contribution in [0.3, 0.4) is 0 Å². The van der Waals surface area contributed by atoms with E-state index in [-0.39, 0.29) is 0 Å². The van der Waals surface area contributed by atoms with Crippen LogP contribution in [0.15, 0.2) is 30.5 Å². The highest BCUT2D eigenvalue weighted by Crippen LogP contribution is 2.28. The van der Waals surface area contributed by atoms with Crippen molar-refractivity contribution in [3.63, 3.8) is 0 Å². The zero-order valence-corrected chi connectivity index (χ0v) is 14.8. The zero-order valence-electron chi connectivity index (χ0n) is 14.8. The highest BCUT2D eigenvalue weighted by atomic mass is 16.5. The summed E-state index contributed by atoms with van der Waals surface area (Å²) in [7, 11) is 0. The first-order chi connectivity index (χ1) is 12.4. The molecular formula is C20H28N4O. The molecule has 4 rings (SSSR count). The fraction of sp³-hybridized carbons (Fsp3) is 0.550. The minimum atomic E-state index is 0.614. The van der Waals surface area contributed by atoms with Gasteiger partial charge >= 0.3 is 0 Å². The number of morpholine rings is 1. The molecule has 0 unspecified atom stereocenters. The maximum Gasteiger partial charge on any atom is 0.0724 e. The molecule has 1 saturated carbocycles. The average Bonchev–Trinajstić information content (AvgIpc) is 3.16. The summed E-state index contributed by atoms with van der Waals surface area (Å²) in [6.45, 7) is 5.81. The molecule has 1 aromatic carbocycles. The molecule has 1 aliphatic carbocycles. The number of ether oxygens (including phenoxy) is 1. The fourth-order valence-electron chi connectivity index (χ4n) is 3.86. The van der Waals surface area contributed by atoms with Crippen molar-refractivity contribution in [1.29, 1.82) is 0 Å². The van der Waals surface area contributed by atoms with Gasteiger partial charge in [0, 0.05) is 55.2 Å². The lowest BCUT2D eigenvalue weighted by Gasteiger charge is -2.26. The number of aromatic nitrogens is 1. The van der Waals surface area contributed by atoms with Crippen molar-refractivity contribution in [3.8, 4) is 0 Å². The lowest BCUT2D eigenvalue weighted by molar-refractivity contribution is 0.0398. The fourth-order valence-corrected chi connectivity index (χ4v) is 3.86. The number of rotatable bonds is 6. The van der Waals surface area contributed by atoms with Crippen molar-refractivity contribution >= 4 is 22.3 Å². The standard InChI is InChI=1S/C20H28N4O/c1-2-4-16(3-1)23-20-7-8-22-19-6-5-17(15-18(19)20)21-9-10-24-11-13-25-14-12-24/h5-8,15-16,21H,1-4,9-14H2,(H,22,23). The molecule has 2 fully saturated rings. The van der Waals surface area contributed by atoms with Gasteiger partial charge in [0.2, 0.25) is 0 Å². The summed E-state index contributed by atoms with van der Waals surface area (Å²) in [5, 5.41) is 8.51. The third-order valence-electron chi connectivity index (χ3n) is 5.32. The molecule has 0 atom stereocenters. The highest BCUT2D eigenvalue weighted by molar-refractivity contribution is 5.93. The number of hydrogen-bond donors (Lipinski definition) is 2. The smallest absolute Gasteiger partial charge is 0.0724 e. The van der Waals surface area contributed by atoms with Gasteiger partial charge in [-0.25, -0.2) is 0 Å². The van der Waals surface area contributed by atoms with E-state index in [1.165, 1.54) is 42.4 Å². The Morgan fingerprint density at radius 3 is 2.80 bits per heavy atom. The summed E-state index contributed by atoms with van der Waals surface area (Å²) >= 11 is 0. The lowest BCUT2D eigenvalue weighted by Crippen LogP contribution is -2.38. The third kappa shape index (κ3) is 4.22. The average molecular weight is 340 g/mol. The second kappa shape index (κ2) is 8.02. The molecule has 1 aliphatic heterocycles. The molecular weight excluding hydrogens is 312 g/mol. The molecule has 134 valence electrons. The second-order valence-electron chi connectivity index (χ2n) is 7.10. The van der Waals surface area contributed by atoms with Crippen LogP contribution in [0.25, 0.3) is 10.9 Å². The largest absolute Gasteiger partial charge is 0.384 e. The minimum Gasteiger partial charge on any atom is -0.384 e. The molecule has 2 aliphatic rings. The topological polar surface area (TPSA) is 49.4 Å². The molecule has 0 spiro atoms. The first-order valence-electron chi connectivity index (χ1n) is 9.58. The number of pyridine rings is 1. The van der Waals surface area contributed by atoms with E-state index in [9.17, 15) is 0 Å². The number of nitrogens with one attached hydrogen (secondary N) is 2. The van der Waals surface area contributed by atoms with E-state index in [1.54, 1.807) is 0 Å². The Morgan fingerprint density at radius 1 is 1.12 bits per heavy atom. The van der Waals surface area contributed by atoms with E-state index in [0.717, 1.165) is 44.9 Å². The van der Waals surface area contributed by atoms with E-state index in [4.69, 9.17) is 4.74 Å². The lowest BCUT2D eigenvalue weighted by atomic mass is 10.1. The Bertz CT molecular complexity index is 693. The Kier molecular flexibility index (Phi) is 5.33. The van der Waals surface area contributed by atoms with Crippen molar-refractivity contribution < 1.29 is 4.74 Å². The van der Waals surface area contributed by atoms with Gasteiger partial charge in [0.25, 0.3) is 0 Å². The number of anilines is 2. The van der Waals surface area contributed by atoms with Crippen LogP contribution in [0.5, 0.6) is 0 Å². The first-order valence-corrected chi connectivity index (χ1v) is 9.58. The van der Waals surface area contributed by atoms with Gasteiger partial charge in [0.15, 0.2) is 0 Å². The summed E-state index contributed by atoms with van der Waals surface area (Å²) < 4.78 is 5.40. The van der Waals surface area contributed by atoms with Crippen molar-refractivity contribution in [2.75, 3.05) is 50.0 Å². The van der Waals surface area contributed by atoms with Gasteiger partial charge in [-0.3, -0.25) is 9.88 Å². The van der Waals surface area contributed by atoms with Crippen LogP contribution in [-0.4, -0.2) is 55.3 Å². The molecule has 0 radical (unpaired) electrons. The molecule has 2 heterocycles. The summed E-state index contributed by atoms with van der Waals surface area (Å²) in [5.74, 6) is 0. The quantitative estimate of drug-likeness (QED) is 0.845. The van der Waals surface area contributed by atoms with Crippen LogP contribution in [0, 0.1) is 0 Å². The van der Waals surface area contributed by atoms with E-state index >= 15 is 0 Å². The van der Waals surface area contributed by atoms with E-state index in [2.05, 4.69) is 44.8 Å². The second-order valence-corrected chi connectivity index (χ2v) is 7.10. The van der Waals surface area contributed by atoms with Gasteiger partial charge in [-0.05, 0) is 37.1 Å². The Hall–Kier alpha value is -1.85. The third-order valence-corrected chi connectivity index (χ3v) is 5.32. The van der Waals surface area contributed by atoms with E-state index in [0.29, 0.717) is 6.04 Å². The maximum absolute atomic E-state index is 5.40. The van der Waals surface area contributed by atoms with E-state index < -0.39 is 0 Å². The monoisotopic (exact) mass is 340 g/mol. The molecule has 1 aromatic heterocycles. The molecule has 25 heavy (non-hydrogen) atoms. The van der Waals surface area contributed by atoms with Crippen LogP contribution in [0.1, 0.15) is 25.7 Å². The Balaban J connectivity index is 1.42. The molecule has 2 N–H and O–H groups in total. The summed E-state index contributed by atoms with van der Waals surface area (Å²) in [5.41, 5.74) is 3.44. The Labute approximate surface area is 149 Å². The zero-order chi connectivity index (χ0) is 16.9. The number of nitrogens with zero attached hydrogens (tertiary/aromatic N) is 2. The Morgan fingerprint density at radius 2 is 1.96 bits per heavy atom. The van der Waals surface area contributed by atoms with Crippen LogP contribution in [-0.2, 0) is 4.74 Å². The van der Waals surface area contributed by atoms with Gasteiger partial charge in [-0.1, -0.05) is 12.8 Å². The summed E-state index contributed by atoms with van der Waals surface area (Å²) in [6, 6.07) is 9.21. The van der Waals surface area contributed by atoms with Crippen LogP contribution in [0.4, 0.5) is 11.4 Å².